The highest BCUT2D eigenvalue weighted by atomic mass is 35.5. The van der Waals surface area contributed by atoms with Crippen LogP contribution in [0.4, 0.5) is 0 Å². The predicted octanol–water partition coefficient (Wildman–Crippen LogP) is 3.36. The van der Waals surface area contributed by atoms with Crippen molar-refractivity contribution in [1.29, 1.82) is 0 Å². The van der Waals surface area contributed by atoms with Crippen LogP contribution >= 0.6 is 11.6 Å². The summed E-state index contributed by atoms with van der Waals surface area (Å²) >= 11 is 6.03. The minimum Gasteiger partial charge on any atom is -0.376 e. The molecular weight excluding hydrogens is 364 g/mol. The number of pyridine rings is 1. The molecule has 3 heterocycles. The summed E-state index contributed by atoms with van der Waals surface area (Å²) in [7, 11) is 0. The van der Waals surface area contributed by atoms with E-state index in [1.54, 1.807) is 12.3 Å². The van der Waals surface area contributed by atoms with Gasteiger partial charge in [0, 0.05) is 24.4 Å². The molecule has 2 aromatic heterocycles. The van der Waals surface area contributed by atoms with Gasteiger partial charge < -0.3 is 14.6 Å². The first-order chi connectivity index (χ1) is 13.2. The SMILES string of the molecule is O=C(Cc1nc2ccc(Cl)cc2[nH]1)N(Cc1ccccn1)CC1CCCO1. The van der Waals surface area contributed by atoms with Gasteiger partial charge in [-0.15, -0.1) is 0 Å². The predicted molar refractivity (Wildman–Crippen MR) is 103 cm³/mol. The highest BCUT2D eigenvalue weighted by Gasteiger charge is 2.24. The molecule has 0 aliphatic carbocycles. The average Bonchev–Trinajstić information content (AvgIpc) is 3.31. The maximum absolute atomic E-state index is 13.0. The molecule has 1 saturated heterocycles. The van der Waals surface area contributed by atoms with E-state index in [1.807, 2.05) is 35.2 Å². The van der Waals surface area contributed by atoms with Gasteiger partial charge in [-0.1, -0.05) is 17.7 Å². The minimum atomic E-state index is 0.00121. The smallest absolute Gasteiger partial charge is 0.230 e. The summed E-state index contributed by atoms with van der Waals surface area (Å²) in [5, 5.41) is 0.638. The van der Waals surface area contributed by atoms with Crippen molar-refractivity contribution in [3.8, 4) is 0 Å². The molecular formula is C20H21ClN4O2. The van der Waals surface area contributed by atoms with Gasteiger partial charge in [-0.3, -0.25) is 9.78 Å². The van der Waals surface area contributed by atoms with Crippen molar-refractivity contribution in [2.45, 2.75) is 31.9 Å². The molecule has 1 fully saturated rings. The van der Waals surface area contributed by atoms with Crippen LogP contribution in [0.2, 0.25) is 5.02 Å². The molecule has 27 heavy (non-hydrogen) atoms. The molecule has 6 nitrogen and oxygen atoms in total. The standard InChI is InChI=1S/C20H21ClN4O2/c21-14-6-7-17-18(10-14)24-19(23-17)11-20(26)25(13-16-5-3-9-27-16)12-15-4-1-2-8-22-15/h1-2,4,6-8,10,16H,3,5,9,11-13H2,(H,23,24). The molecule has 1 aliphatic rings. The number of aromatic amines is 1. The number of halogens is 1. The topological polar surface area (TPSA) is 71.1 Å². The Kier molecular flexibility index (Phi) is 5.36. The summed E-state index contributed by atoms with van der Waals surface area (Å²) in [6.45, 7) is 1.80. The maximum Gasteiger partial charge on any atom is 0.230 e. The van der Waals surface area contributed by atoms with Crippen LogP contribution < -0.4 is 0 Å². The number of rotatable bonds is 6. The van der Waals surface area contributed by atoms with E-state index in [-0.39, 0.29) is 18.4 Å². The zero-order chi connectivity index (χ0) is 18.6. The minimum absolute atomic E-state index is 0.00121. The molecule has 140 valence electrons. The normalized spacial score (nSPS) is 16.7. The number of nitrogens with zero attached hydrogens (tertiary/aromatic N) is 3. The number of nitrogens with one attached hydrogen (secondary N) is 1. The molecule has 0 bridgehead atoms. The lowest BCUT2D eigenvalue weighted by Crippen LogP contribution is -2.38. The van der Waals surface area contributed by atoms with Gasteiger partial charge in [-0.2, -0.15) is 0 Å². The second kappa shape index (κ2) is 8.06. The molecule has 1 atom stereocenters. The molecule has 1 amide bonds. The van der Waals surface area contributed by atoms with E-state index in [2.05, 4.69) is 15.0 Å². The number of hydrogen-bond acceptors (Lipinski definition) is 4. The van der Waals surface area contributed by atoms with Gasteiger partial charge in [0.2, 0.25) is 5.91 Å². The lowest BCUT2D eigenvalue weighted by atomic mass is 10.2. The van der Waals surface area contributed by atoms with Crippen LogP contribution in [0.25, 0.3) is 11.0 Å². The van der Waals surface area contributed by atoms with Crippen LogP contribution in [0.3, 0.4) is 0 Å². The van der Waals surface area contributed by atoms with E-state index in [0.29, 0.717) is 23.9 Å². The number of ether oxygens (including phenoxy) is 1. The quantitative estimate of drug-likeness (QED) is 0.707. The van der Waals surface area contributed by atoms with Crippen molar-refractivity contribution in [2.24, 2.45) is 0 Å². The summed E-state index contributed by atoms with van der Waals surface area (Å²) < 4.78 is 5.73. The fourth-order valence-electron chi connectivity index (χ4n) is 3.35. The summed E-state index contributed by atoms with van der Waals surface area (Å²) in [5.41, 5.74) is 2.50. The van der Waals surface area contributed by atoms with Gasteiger partial charge >= 0.3 is 0 Å². The first-order valence-electron chi connectivity index (χ1n) is 9.11. The number of H-pyrrole nitrogens is 1. The lowest BCUT2D eigenvalue weighted by molar-refractivity contribution is -0.132. The van der Waals surface area contributed by atoms with Crippen molar-refractivity contribution in [2.75, 3.05) is 13.2 Å². The molecule has 1 aromatic carbocycles. The van der Waals surface area contributed by atoms with Gasteiger partial charge in [0.15, 0.2) is 0 Å². The van der Waals surface area contributed by atoms with E-state index in [9.17, 15) is 4.79 Å². The summed E-state index contributed by atoms with van der Waals surface area (Å²) in [6.07, 6.45) is 4.06. The van der Waals surface area contributed by atoms with Crippen molar-refractivity contribution in [3.63, 3.8) is 0 Å². The molecule has 1 N–H and O–H groups in total. The van der Waals surface area contributed by atoms with E-state index in [4.69, 9.17) is 16.3 Å². The number of amides is 1. The number of imidazole rings is 1. The Hall–Kier alpha value is -2.44. The molecule has 1 aliphatic heterocycles. The summed E-state index contributed by atoms with van der Waals surface area (Å²) in [5.74, 6) is 0.636. The number of benzene rings is 1. The van der Waals surface area contributed by atoms with E-state index in [1.165, 1.54) is 0 Å². The largest absolute Gasteiger partial charge is 0.376 e. The van der Waals surface area contributed by atoms with Crippen LogP contribution in [0.1, 0.15) is 24.4 Å². The number of carbonyl (C=O) groups is 1. The van der Waals surface area contributed by atoms with Gasteiger partial charge in [0.25, 0.3) is 0 Å². The third kappa shape index (κ3) is 4.46. The zero-order valence-electron chi connectivity index (χ0n) is 14.9. The Bertz CT molecular complexity index is 922. The Morgan fingerprint density at radius 2 is 2.26 bits per heavy atom. The Labute approximate surface area is 162 Å². The second-order valence-electron chi connectivity index (χ2n) is 6.75. The number of aromatic nitrogens is 3. The highest BCUT2D eigenvalue weighted by Crippen LogP contribution is 2.19. The van der Waals surface area contributed by atoms with Crippen LogP contribution in [-0.4, -0.2) is 45.0 Å². The first kappa shape index (κ1) is 17.9. The van der Waals surface area contributed by atoms with E-state index < -0.39 is 0 Å². The van der Waals surface area contributed by atoms with Crippen molar-refractivity contribution in [3.05, 3.63) is 59.1 Å². The monoisotopic (exact) mass is 384 g/mol. The fraction of sp³-hybridized carbons (Fsp3) is 0.350. The zero-order valence-corrected chi connectivity index (χ0v) is 15.7. The van der Waals surface area contributed by atoms with Gasteiger partial charge in [0.1, 0.15) is 5.82 Å². The number of hydrogen-bond donors (Lipinski definition) is 1. The van der Waals surface area contributed by atoms with E-state index in [0.717, 1.165) is 36.2 Å². The molecule has 0 radical (unpaired) electrons. The molecule has 3 aromatic rings. The summed E-state index contributed by atoms with van der Waals surface area (Å²) in [6, 6.07) is 11.2. The van der Waals surface area contributed by atoms with Crippen molar-refractivity contribution < 1.29 is 9.53 Å². The van der Waals surface area contributed by atoms with Crippen LogP contribution in [0, 0.1) is 0 Å². The Morgan fingerprint density at radius 3 is 3.04 bits per heavy atom. The van der Waals surface area contributed by atoms with Crippen molar-refractivity contribution >= 4 is 28.5 Å². The molecule has 4 rings (SSSR count). The van der Waals surface area contributed by atoms with Crippen molar-refractivity contribution in [1.82, 2.24) is 19.9 Å². The van der Waals surface area contributed by atoms with Gasteiger partial charge in [0.05, 0.1) is 35.8 Å². The Morgan fingerprint density at radius 1 is 1.33 bits per heavy atom. The fourth-order valence-corrected chi connectivity index (χ4v) is 3.52. The highest BCUT2D eigenvalue weighted by molar-refractivity contribution is 6.31. The molecule has 0 saturated carbocycles. The molecule has 7 heteroatoms. The van der Waals surface area contributed by atoms with Gasteiger partial charge in [-0.05, 0) is 43.2 Å². The lowest BCUT2D eigenvalue weighted by Gasteiger charge is -2.25. The molecule has 1 unspecified atom stereocenters. The molecule has 0 spiro atoms. The average molecular weight is 385 g/mol. The first-order valence-corrected chi connectivity index (χ1v) is 9.48. The van der Waals surface area contributed by atoms with Crippen LogP contribution in [0.15, 0.2) is 42.6 Å². The number of fused-ring (bicyclic) bond motifs is 1. The van der Waals surface area contributed by atoms with Crippen LogP contribution in [0.5, 0.6) is 0 Å². The third-order valence-corrected chi connectivity index (χ3v) is 4.93. The van der Waals surface area contributed by atoms with E-state index >= 15 is 0 Å². The van der Waals surface area contributed by atoms with Gasteiger partial charge in [-0.25, -0.2) is 4.98 Å². The van der Waals surface area contributed by atoms with Crippen LogP contribution in [-0.2, 0) is 22.5 Å². The second-order valence-corrected chi connectivity index (χ2v) is 7.19. The number of carbonyl (C=O) groups excluding carboxylic acids is 1. The summed E-state index contributed by atoms with van der Waals surface area (Å²) in [4.78, 5) is 26.9. The maximum atomic E-state index is 13.0. The third-order valence-electron chi connectivity index (χ3n) is 4.69. The Balaban J connectivity index is 1.51.